The Morgan fingerprint density at radius 1 is 1.17 bits per heavy atom. The number of amides is 1. The zero-order valence-corrected chi connectivity index (χ0v) is 16.4. The maximum absolute atomic E-state index is 12.8. The predicted molar refractivity (Wildman–Crippen MR) is 108 cm³/mol. The number of fused-ring (bicyclic) bond motifs is 1. The van der Waals surface area contributed by atoms with Crippen LogP contribution in [-0.4, -0.2) is 43.7 Å². The second-order valence-corrected chi connectivity index (χ2v) is 7.34. The Hall–Kier alpha value is -2.84. The molecule has 2 heterocycles. The SMILES string of the molecule is O=C(NC1CCOc2ccc(Cl)cc21)c1ccc(N2CCOCC2)c([N+](=O)[O-])c1. The van der Waals surface area contributed by atoms with Crippen molar-refractivity contribution < 1.29 is 19.2 Å². The number of carbonyl (C=O) groups excluding carboxylic acids is 1. The molecule has 2 aromatic rings. The number of benzene rings is 2. The summed E-state index contributed by atoms with van der Waals surface area (Å²) in [6.45, 7) is 2.66. The minimum absolute atomic E-state index is 0.0880. The van der Waals surface area contributed by atoms with Crippen molar-refractivity contribution >= 4 is 28.9 Å². The number of anilines is 1. The highest BCUT2D eigenvalue weighted by atomic mass is 35.5. The minimum atomic E-state index is -0.453. The number of nitro benzene ring substituents is 1. The minimum Gasteiger partial charge on any atom is -0.493 e. The highest BCUT2D eigenvalue weighted by molar-refractivity contribution is 6.30. The summed E-state index contributed by atoms with van der Waals surface area (Å²) >= 11 is 6.09. The van der Waals surface area contributed by atoms with E-state index in [1.807, 2.05) is 4.90 Å². The fraction of sp³-hybridized carbons (Fsp3) is 0.350. The summed E-state index contributed by atoms with van der Waals surface area (Å²) < 4.78 is 10.9. The van der Waals surface area contributed by atoms with Crippen molar-refractivity contribution in [2.24, 2.45) is 0 Å². The number of hydrogen-bond donors (Lipinski definition) is 1. The van der Waals surface area contributed by atoms with E-state index >= 15 is 0 Å². The quantitative estimate of drug-likeness (QED) is 0.605. The highest BCUT2D eigenvalue weighted by Crippen LogP contribution is 2.35. The van der Waals surface area contributed by atoms with Gasteiger partial charge in [0.15, 0.2) is 0 Å². The van der Waals surface area contributed by atoms with Crippen LogP contribution in [0.15, 0.2) is 36.4 Å². The number of hydrogen-bond acceptors (Lipinski definition) is 6. The number of carbonyl (C=O) groups is 1. The van der Waals surface area contributed by atoms with E-state index < -0.39 is 4.92 Å². The van der Waals surface area contributed by atoms with Crippen LogP contribution in [-0.2, 0) is 4.74 Å². The first-order valence-electron chi connectivity index (χ1n) is 9.37. The predicted octanol–water partition coefficient (Wildman–Crippen LogP) is 3.34. The number of ether oxygens (including phenoxy) is 2. The molecule has 9 heteroatoms. The summed E-state index contributed by atoms with van der Waals surface area (Å²) in [4.78, 5) is 25.9. The second kappa shape index (κ2) is 8.26. The van der Waals surface area contributed by atoms with Gasteiger partial charge >= 0.3 is 0 Å². The van der Waals surface area contributed by atoms with Crippen molar-refractivity contribution in [2.75, 3.05) is 37.8 Å². The molecule has 2 aliphatic rings. The van der Waals surface area contributed by atoms with E-state index in [1.54, 1.807) is 30.3 Å². The summed E-state index contributed by atoms with van der Waals surface area (Å²) in [5.74, 6) is 0.305. The maximum Gasteiger partial charge on any atom is 0.293 e. The number of nitrogens with one attached hydrogen (secondary N) is 1. The van der Waals surface area contributed by atoms with E-state index in [-0.39, 0.29) is 23.2 Å². The number of morpholine rings is 1. The molecular weight excluding hydrogens is 398 g/mol. The van der Waals surface area contributed by atoms with E-state index in [0.29, 0.717) is 55.8 Å². The fourth-order valence-corrected chi connectivity index (χ4v) is 3.82. The average molecular weight is 418 g/mol. The molecule has 1 atom stereocenters. The van der Waals surface area contributed by atoms with Crippen molar-refractivity contribution in [3.63, 3.8) is 0 Å². The van der Waals surface area contributed by atoms with E-state index in [4.69, 9.17) is 21.1 Å². The standard InChI is InChI=1S/C20H20ClN3O5/c21-14-2-4-19-15(12-14)16(5-8-29-19)22-20(25)13-1-3-17(18(11-13)24(26)27)23-6-9-28-10-7-23/h1-4,11-12,16H,5-10H2,(H,22,25). The Morgan fingerprint density at radius 2 is 1.97 bits per heavy atom. The lowest BCUT2D eigenvalue weighted by Crippen LogP contribution is -2.36. The molecule has 1 amide bonds. The van der Waals surface area contributed by atoms with Gasteiger partial charge in [0.1, 0.15) is 11.4 Å². The first kappa shape index (κ1) is 19.5. The van der Waals surface area contributed by atoms with Gasteiger partial charge in [-0.15, -0.1) is 0 Å². The lowest BCUT2D eigenvalue weighted by atomic mass is 10.00. The molecule has 0 spiro atoms. The molecule has 0 aromatic heterocycles. The molecule has 4 rings (SSSR count). The van der Waals surface area contributed by atoms with Gasteiger partial charge in [0, 0.05) is 41.7 Å². The number of nitro groups is 1. The van der Waals surface area contributed by atoms with Crippen molar-refractivity contribution in [3.8, 4) is 5.75 Å². The average Bonchev–Trinajstić information content (AvgIpc) is 2.74. The van der Waals surface area contributed by atoms with Crippen LogP contribution >= 0.6 is 11.6 Å². The molecule has 152 valence electrons. The molecule has 2 aromatic carbocycles. The van der Waals surface area contributed by atoms with E-state index in [2.05, 4.69) is 5.32 Å². The lowest BCUT2D eigenvalue weighted by Gasteiger charge is -2.29. The van der Waals surface area contributed by atoms with Gasteiger partial charge < -0.3 is 19.7 Å². The maximum atomic E-state index is 12.8. The highest BCUT2D eigenvalue weighted by Gasteiger charge is 2.26. The Balaban J connectivity index is 1.57. The molecule has 29 heavy (non-hydrogen) atoms. The normalized spacial score (nSPS) is 18.5. The Morgan fingerprint density at radius 3 is 2.72 bits per heavy atom. The molecule has 1 saturated heterocycles. The van der Waals surface area contributed by atoms with Gasteiger partial charge in [-0.2, -0.15) is 0 Å². The molecule has 1 unspecified atom stereocenters. The van der Waals surface area contributed by atoms with Gasteiger partial charge in [-0.25, -0.2) is 0 Å². The molecule has 8 nitrogen and oxygen atoms in total. The zero-order valence-electron chi connectivity index (χ0n) is 15.6. The smallest absolute Gasteiger partial charge is 0.293 e. The van der Waals surface area contributed by atoms with Crippen molar-refractivity contribution in [2.45, 2.75) is 12.5 Å². The number of rotatable bonds is 4. The fourth-order valence-electron chi connectivity index (χ4n) is 3.64. The van der Waals surface area contributed by atoms with Gasteiger partial charge in [-0.1, -0.05) is 11.6 Å². The van der Waals surface area contributed by atoms with Crippen LogP contribution in [0.3, 0.4) is 0 Å². The first-order chi connectivity index (χ1) is 14.0. The zero-order chi connectivity index (χ0) is 20.4. The van der Waals surface area contributed by atoms with E-state index in [0.717, 1.165) is 5.56 Å². The molecule has 1 fully saturated rings. The van der Waals surface area contributed by atoms with Crippen LogP contribution in [0.5, 0.6) is 5.75 Å². The van der Waals surface area contributed by atoms with Gasteiger partial charge in [0.2, 0.25) is 0 Å². The number of halogens is 1. The van der Waals surface area contributed by atoms with Crippen LogP contribution in [0.2, 0.25) is 5.02 Å². The van der Waals surface area contributed by atoms with Gasteiger partial charge in [-0.05, 0) is 30.3 Å². The van der Waals surface area contributed by atoms with Crippen LogP contribution in [0.4, 0.5) is 11.4 Å². The Bertz CT molecular complexity index is 946. The largest absolute Gasteiger partial charge is 0.493 e. The van der Waals surface area contributed by atoms with Gasteiger partial charge in [0.05, 0.1) is 30.8 Å². The summed E-state index contributed by atoms with van der Waals surface area (Å²) in [5.41, 5.74) is 1.45. The molecule has 0 bridgehead atoms. The van der Waals surface area contributed by atoms with Crippen molar-refractivity contribution in [1.82, 2.24) is 5.32 Å². The third-order valence-corrected chi connectivity index (χ3v) is 5.34. The summed E-state index contributed by atoms with van der Waals surface area (Å²) in [7, 11) is 0. The summed E-state index contributed by atoms with van der Waals surface area (Å²) in [6.07, 6.45) is 0.590. The van der Waals surface area contributed by atoms with Gasteiger partial charge in [0.25, 0.3) is 11.6 Å². The van der Waals surface area contributed by atoms with Crippen LogP contribution in [0.25, 0.3) is 0 Å². The third kappa shape index (κ3) is 4.13. The number of nitrogens with zero attached hydrogens (tertiary/aromatic N) is 2. The molecule has 0 radical (unpaired) electrons. The monoisotopic (exact) mass is 417 g/mol. The van der Waals surface area contributed by atoms with Crippen LogP contribution in [0.1, 0.15) is 28.4 Å². The molecular formula is C20H20ClN3O5. The van der Waals surface area contributed by atoms with Crippen LogP contribution < -0.4 is 15.0 Å². The third-order valence-electron chi connectivity index (χ3n) is 5.10. The first-order valence-corrected chi connectivity index (χ1v) is 9.75. The van der Waals surface area contributed by atoms with E-state index in [1.165, 1.54) is 6.07 Å². The Labute approximate surface area is 172 Å². The van der Waals surface area contributed by atoms with Crippen molar-refractivity contribution in [3.05, 3.63) is 62.7 Å². The summed E-state index contributed by atoms with van der Waals surface area (Å²) in [6, 6.07) is 9.58. The Kier molecular flexibility index (Phi) is 5.55. The molecule has 0 aliphatic carbocycles. The van der Waals surface area contributed by atoms with E-state index in [9.17, 15) is 14.9 Å². The lowest BCUT2D eigenvalue weighted by molar-refractivity contribution is -0.384. The molecule has 0 saturated carbocycles. The van der Waals surface area contributed by atoms with Crippen molar-refractivity contribution in [1.29, 1.82) is 0 Å². The second-order valence-electron chi connectivity index (χ2n) is 6.91. The summed E-state index contributed by atoms with van der Waals surface area (Å²) in [5, 5.41) is 15.1. The molecule has 1 N–H and O–H groups in total. The van der Waals surface area contributed by atoms with Gasteiger partial charge in [-0.3, -0.25) is 14.9 Å². The topological polar surface area (TPSA) is 93.9 Å². The van der Waals surface area contributed by atoms with Crippen LogP contribution in [0, 0.1) is 10.1 Å². The molecule has 2 aliphatic heterocycles.